The molecule has 2 amide bonds. The molecule has 4 rings (SSSR count). The first-order valence-electron chi connectivity index (χ1n) is 8.93. The maximum absolute atomic E-state index is 12.9. The predicted octanol–water partition coefficient (Wildman–Crippen LogP) is 4.11. The van der Waals surface area contributed by atoms with Gasteiger partial charge in [-0.3, -0.25) is 4.90 Å². The van der Waals surface area contributed by atoms with Crippen LogP contribution in [0.3, 0.4) is 0 Å². The molecule has 1 saturated heterocycles. The summed E-state index contributed by atoms with van der Waals surface area (Å²) < 4.78 is 5.45. The van der Waals surface area contributed by atoms with Gasteiger partial charge in [-0.2, -0.15) is 0 Å². The number of nitrogens with zero attached hydrogens (tertiary/aromatic N) is 2. The lowest BCUT2D eigenvalue weighted by molar-refractivity contribution is 0.256. The summed E-state index contributed by atoms with van der Waals surface area (Å²) >= 11 is 0. The smallest absolute Gasteiger partial charge is 0.326 e. The van der Waals surface area contributed by atoms with Gasteiger partial charge >= 0.3 is 6.03 Å². The number of carbonyl (C=O) groups excluding carboxylic acids is 1. The van der Waals surface area contributed by atoms with Gasteiger partial charge in [0, 0.05) is 24.8 Å². The molecule has 130 valence electrons. The van der Waals surface area contributed by atoms with E-state index in [4.69, 9.17) is 4.74 Å². The molecule has 0 aliphatic carbocycles. The summed E-state index contributed by atoms with van der Waals surface area (Å²) in [5, 5.41) is 3.01. The number of hydrogen-bond donors (Lipinski definition) is 1. The van der Waals surface area contributed by atoms with Crippen LogP contribution in [0.1, 0.15) is 19.8 Å². The van der Waals surface area contributed by atoms with Gasteiger partial charge in [-0.15, -0.1) is 0 Å². The van der Waals surface area contributed by atoms with Gasteiger partial charge in [0.1, 0.15) is 5.75 Å². The number of nitrogens with one attached hydrogen (secondary N) is 1. The minimum Gasteiger partial charge on any atom is -0.494 e. The van der Waals surface area contributed by atoms with E-state index in [2.05, 4.69) is 16.3 Å². The highest BCUT2D eigenvalue weighted by Gasteiger charge is 2.36. The molecule has 0 saturated carbocycles. The molecule has 0 aromatic heterocycles. The van der Waals surface area contributed by atoms with Crippen LogP contribution in [0.5, 0.6) is 5.75 Å². The molecule has 2 aromatic carbocycles. The Hall–Kier alpha value is -2.69. The van der Waals surface area contributed by atoms with Gasteiger partial charge < -0.3 is 15.0 Å². The highest BCUT2D eigenvalue weighted by atomic mass is 16.5. The van der Waals surface area contributed by atoms with Crippen molar-refractivity contribution >= 4 is 23.1 Å². The number of benzene rings is 2. The fourth-order valence-electron chi connectivity index (χ4n) is 3.77. The fourth-order valence-corrected chi connectivity index (χ4v) is 3.77. The van der Waals surface area contributed by atoms with Crippen molar-refractivity contribution in [3.05, 3.63) is 48.5 Å². The van der Waals surface area contributed by atoms with Crippen LogP contribution in [-0.2, 0) is 0 Å². The van der Waals surface area contributed by atoms with Crippen molar-refractivity contribution in [2.75, 3.05) is 34.8 Å². The molecule has 1 atom stereocenters. The van der Waals surface area contributed by atoms with Crippen LogP contribution < -0.4 is 19.9 Å². The molecule has 2 aromatic rings. The van der Waals surface area contributed by atoms with E-state index in [1.54, 1.807) is 0 Å². The number of anilines is 3. The largest absolute Gasteiger partial charge is 0.494 e. The number of urea groups is 1. The van der Waals surface area contributed by atoms with Gasteiger partial charge in [0.25, 0.3) is 0 Å². The summed E-state index contributed by atoms with van der Waals surface area (Å²) in [7, 11) is 0. The monoisotopic (exact) mass is 337 g/mol. The number of carbonyl (C=O) groups is 1. The van der Waals surface area contributed by atoms with Crippen LogP contribution >= 0.6 is 0 Å². The Balaban J connectivity index is 1.54. The molecule has 0 bridgehead atoms. The molecule has 2 aliphatic rings. The third-order valence-electron chi connectivity index (χ3n) is 4.91. The molecule has 2 heterocycles. The third kappa shape index (κ3) is 3.02. The second-order valence-electron chi connectivity index (χ2n) is 6.48. The maximum atomic E-state index is 12.9. The Morgan fingerprint density at radius 1 is 1.16 bits per heavy atom. The quantitative estimate of drug-likeness (QED) is 0.917. The number of rotatable bonds is 3. The highest BCUT2D eigenvalue weighted by Crippen LogP contribution is 2.39. The number of ether oxygens (including phenoxy) is 1. The third-order valence-corrected chi connectivity index (χ3v) is 4.91. The molecule has 5 heteroatoms. The second kappa shape index (κ2) is 6.67. The Morgan fingerprint density at radius 2 is 1.92 bits per heavy atom. The molecule has 25 heavy (non-hydrogen) atoms. The summed E-state index contributed by atoms with van der Waals surface area (Å²) in [5.74, 6) is 0.811. The molecular formula is C20H23N3O2. The Morgan fingerprint density at radius 3 is 2.68 bits per heavy atom. The Bertz CT molecular complexity index is 760. The van der Waals surface area contributed by atoms with Crippen LogP contribution in [0.25, 0.3) is 0 Å². The first kappa shape index (κ1) is 15.8. The van der Waals surface area contributed by atoms with Crippen molar-refractivity contribution in [2.24, 2.45) is 0 Å². The van der Waals surface area contributed by atoms with E-state index in [1.165, 1.54) is 6.42 Å². The summed E-state index contributed by atoms with van der Waals surface area (Å²) in [6.45, 7) is 4.40. The van der Waals surface area contributed by atoms with E-state index in [0.717, 1.165) is 42.3 Å². The van der Waals surface area contributed by atoms with Crippen LogP contribution in [-0.4, -0.2) is 31.8 Å². The van der Waals surface area contributed by atoms with E-state index < -0.39 is 0 Å². The van der Waals surface area contributed by atoms with Crippen LogP contribution in [0.4, 0.5) is 21.9 Å². The minimum atomic E-state index is -0.0804. The fraction of sp³-hybridized carbons (Fsp3) is 0.350. The lowest BCUT2D eigenvalue weighted by Gasteiger charge is -2.40. The summed E-state index contributed by atoms with van der Waals surface area (Å²) in [4.78, 5) is 17.2. The summed E-state index contributed by atoms with van der Waals surface area (Å²) in [6.07, 6.45) is 2.33. The van der Waals surface area contributed by atoms with Gasteiger partial charge in [-0.05, 0) is 56.2 Å². The number of amides is 2. The molecule has 0 unspecified atom stereocenters. The number of para-hydroxylation sites is 2. The first-order valence-corrected chi connectivity index (χ1v) is 8.93. The van der Waals surface area contributed by atoms with E-state index in [1.807, 2.05) is 54.3 Å². The van der Waals surface area contributed by atoms with Gasteiger partial charge in [0.15, 0.2) is 0 Å². The predicted molar refractivity (Wildman–Crippen MR) is 101 cm³/mol. The Kier molecular flexibility index (Phi) is 4.22. The summed E-state index contributed by atoms with van der Waals surface area (Å²) in [6, 6.07) is 16.0. The lowest BCUT2D eigenvalue weighted by atomic mass is 10.1. The lowest BCUT2D eigenvalue weighted by Crippen LogP contribution is -2.49. The maximum Gasteiger partial charge on any atom is 0.326 e. The number of hydrogen-bond acceptors (Lipinski definition) is 3. The summed E-state index contributed by atoms with van der Waals surface area (Å²) in [5.41, 5.74) is 2.93. The normalized spacial score (nSPS) is 18.5. The van der Waals surface area contributed by atoms with Crippen molar-refractivity contribution in [2.45, 2.75) is 25.8 Å². The average molecular weight is 337 g/mol. The van der Waals surface area contributed by atoms with Gasteiger partial charge in [-0.25, -0.2) is 4.79 Å². The molecular weight excluding hydrogens is 314 g/mol. The van der Waals surface area contributed by atoms with Crippen molar-refractivity contribution in [1.29, 1.82) is 0 Å². The van der Waals surface area contributed by atoms with E-state index in [-0.39, 0.29) is 6.03 Å². The van der Waals surface area contributed by atoms with Crippen LogP contribution in [0.2, 0.25) is 0 Å². The topological polar surface area (TPSA) is 44.8 Å². The number of fused-ring (bicyclic) bond motifs is 3. The van der Waals surface area contributed by atoms with Gasteiger partial charge in [0.2, 0.25) is 0 Å². The SMILES string of the molecule is CCOc1ccc(NC(=O)N2C[C@@H]3CCCN3c3ccccc32)cc1. The van der Waals surface area contributed by atoms with E-state index >= 15 is 0 Å². The zero-order valence-corrected chi connectivity index (χ0v) is 14.4. The molecule has 5 nitrogen and oxygen atoms in total. The minimum absolute atomic E-state index is 0.0804. The molecule has 0 radical (unpaired) electrons. The second-order valence-corrected chi connectivity index (χ2v) is 6.48. The van der Waals surface area contributed by atoms with Crippen molar-refractivity contribution in [3.8, 4) is 5.75 Å². The molecule has 2 aliphatic heterocycles. The zero-order valence-electron chi connectivity index (χ0n) is 14.4. The van der Waals surface area contributed by atoms with Gasteiger partial charge in [-0.1, -0.05) is 12.1 Å². The van der Waals surface area contributed by atoms with E-state index in [0.29, 0.717) is 12.6 Å². The average Bonchev–Trinajstić information content (AvgIpc) is 3.12. The molecule has 1 fully saturated rings. The first-order chi connectivity index (χ1) is 12.3. The molecule has 1 N–H and O–H groups in total. The van der Waals surface area contributed by atoms with Crippen molar-refractivity contribution in [3.63, 3.8) is 0 Å². The van der Waals surface area contributed by atoms with Crippen LogP contribution in [0, 0.1) is 0 Å². The Labute approximate surface area is 148 Å². The standard InChI is InChI=1S/C20H23N3O2/c1-2-25-17-11-9-15(10-12-17)21-20(24)23-14-16-6-5-13-22(16)18-7-3-4-8-19(18)23/h3-4,7-12,16H,2,5-6,13-14H2,1H3,(H,21,24)/t16-/m0/s1. The molecule has 0 spiro atoms. The zero-order chi connectivity index (χ0) is 17.2. The highest BCUT2D eigenvalue weighted by molar-refractivity contribution is 6.04. The van der Waals surface area contributed by atoms with Crippen LogP contribution in [0.15, 0.2) is 48.5 Å². The van der Waals surface area contributed by atoms with Gasteiger partial charge in [0.05, 0.1) is 18.0 Å². The van der Waals surface area contributed by atoms with E-state index in [9.17, 15) is 4.79 Å². The van der Waals surface area contributed by atoms with Crippen molar-refractivity contribution < 1.29 is 9.53 Å². The van der Waals surface area contributed by atoms with Crippen molar-refractivity contribution in [1.82, 2.24) is 0 Å².